The molecular formula is C8H10N4O. The van der Waals surface area contributed by atoms with E-state index in [0.29, 0.717) is 6.54 Å². The fourth-order valence-electron chi connectivity index (χ4n) is 1.22. The number of rotatable bonds is 2. The third kappa shape index (κ3) is 1.53. The van der Waals surface area contributed by atoms with E-state index in [2.05, 4.69) is 10.1 Å². The van der Waals surface area contributed by atoms with Gasteiger partial charge in [0, 0.05) is 31.2 Å². The van der Waals surface area contributed by atoms with Crippen LogP contribution in [-0.4, -0.2) is 19.3 Å². The number of aromatic nitrogens is 4. The number of H-pyrrole nitrogens is 1. The zero-order chi connectivity index (χ0) is 9.26. The summed E-state index contributed by atoms with van der Waals surface area (Å²) in [7, 11) is 1.85. The fraction of sp³-hybridized carbons (Fsp3) is 0.250. The number of nitrogens with zero attached hydrogens (tertiary/aromatic N) is 3. The molecule has 2 heterocycles. The lowest BCUT2D eigenvalue weighted by Crippen LogP contribution is -2.16. The summed E-state index contributed by atoms with van der Waals surface area (Å²) < 4.78 is 3.31. The molecule has 0 radical (unpaired) electrons. The second-order valence-electron chi connectivity index (χ2n) is 2.92. The number of aryl methyl sites for hydroxylation is 1. The van der Waals surface area contributed by atoms with E-state index < -0.39 is 0 Å². The van der Waals surface area contributed by atoms with Crippen molar-refractivity contribution in [3.8, 4) is 0 Å². The molecule has 2 aromatic rings. The topological polar surface area (TPSA) is 55.6 Å². The molecule has 5 nitrogen and oxygen atoms in total. The standard InChI is InChI=1S/C8H10N4O/c1-11-5-7(4-10-11)6-12-3-2-9-8(12)13/h2-5H,6H2,1H3,(H,9,13). The Labute approximate surface area is 74.6 Å². The van der Waals surface area contributed by atoms with Gasteiger partial charge in [0.2, 0.25) is 0 Å². The van der Waals surface area contributed by atoms with E-state index in [9.17, 15) is 4.79 Å². The van der Waals surface area contributed by atoms with Gasteiger partial charge in [0.05, 0.1) is 12.7 Å². The van der Waals surface area contributed by atoms with Crippen LogP contribution in [0.3, 0.4) is 0 Å². The third-order valence-electron chi connectivity index (χ3n) is 1.83. The lowest BCUT2D eigenvalue weighted by Gasteiger charge is -1.95. The van der Waals surface area contributed by atoms with Crippen molar-refractivity contribution in [3.05, 3.63) is 40.8 Å². The number of imidazole rings is 1. The van der Waals surface area contributed by atoms with Crippen LogP contribution in [0.5, 0.6) is 0 Å². The summed E-state index contributed by atoms with van der Waals surface area (Å²) in [6.45, 7) is 0.566. The molecule has 0 bridgehead atoms. The van der Waals surface area contributed by atoms with Crippen LogP contribution >= 0.6 is 0 Å². The summed E-state index contributed by atoms with van der Waals surface area (Å²) in [4.78, 5) is 13.7. The van der Waals surface area contributed by atoms with Gasteiger partial charge in [0.1, 0.15) is 0 Å². The summed E-state index contributed by atoms with van der Waals surface area (Å²) in [5.41, 5.74) is 0.924. The van der Waals surface area contributed by atoms with Crippen LogP contribution in [0.2, 0.25) is 0 Å². The first kappa shape index (κ1) is 7.85. The highest BCUT2D eigenvalue weighted by Crippen LogP contribution is 1.97. The van der Waals surface area contributed by atoms with E-state index in [1.807, 2.05) is 13.2 Å². The molecule has 2 aromatic heterocycles. The molecule has 5 heteroatoms. The first-order chi connectivity index (χ1) is 6.25. The minimum Gasteiger partial charge on any atom is -0.313 e. The van der Waals surface area contributed by atoms with Crippen LogP contribution in [0.25, 0.3) is 0 Å². The SMILES string of the molecule is Cn1cc(Cn2cc[nH]c2=O)cn1. The van der Waals surface area contributed by atoms with E-state index >= 15 is 0 Å². The maximum absolute atomic E-state index is 11.1. The maximum Gasteiger partial charge on any atom is 0.325 e. The molecule has 0 aliphatic heterocycles. The van der Waals surface area contributed by atoms with Gasteiger partial charge in [-0.05, 0) is 0 Å². The molecule has 1 N–H and O–H groups in total. The highest BCUT2D eigenvalue weighted by molar-refractivity contribution is 5.04. The van der Waals surface area contributed by atoms with Gasteiger partial charge in [-0.2, -0.15) is 5.10 Å². The van der Waals surface area contributed by atoms with Crippen molar-refractivity contribution >= 4 is 0 Å². The lowest BCUT2D eigenvalue weighted by atomic mass is 10.3. The van der Waals surface area contributed by atoms with E-state index in [1.165, 1.54) is 0 Å². The van der Waals surface area contributed by atoms with Crippen molar-refractivity contribution in [3.63, 3.8) is 0 Å². The largest absolute Gasteiger partial charge is 0.325 e. The van der Waals surface area contributed by atoms with Gasteiger partial charge in [-0.1, -0.05) is 0 Å². The number of hydrogen-bond donors (Lipinski definition) is 1. The van der Waals surface area contributed by atoms with E-state index in [4.69, 9.17) is 0 Å². The van der Waals surface area contributed by atoms with Gasteiger partial charge in [-0.15, -0.1) is 0 Å². The highest BCUT2D eigenvalue weighted by atomic mass is 16.1. The van der Waals surface area contributed by atoms with Crippen LogP contribution in [0.4, 0.5) is 0 Å². The van der Waals surface area contributed by atoms with E-state index in [1.54, 1.807) is 27.8 Å². The summed E-state index contributed by atoms with van der Waals surface area (Å²) in [5.74, 6) is 0. The van der Waals surface area contributed by atoms with Gasteiger partial charge < -0.3 is 4.98 Å². The zero-order valence-corrected chi connectivity index (χ0v) is 7.27. The van der Waals surface area contributed by atoms with Crippen LogP contribution < -0.4 is 5.69 Å². The molecule has 2 rings (SSSR count). The predicted octanol–water partition coefficient (Wildman–Crippen LogP) is -0.0418. The number of aromatic amines is 1. The molecule has 0 saturated heterocycles. The maximum atomic E-state index is 11.1. The first-order valence-corrected chi connectivity index (χ1v) is 3.97. The second-order valence-corrected chi connectivity index (χ2v) is 2.92. The summed E-state index contributed by atoms with van der Waals surface area (Å²) in [6, 6.07) is 0. The van der Waals surface area contributed by atoms with Gasteiger partial charge >= 0.3 is 5.69 Å². The van der Waals surface area contributed by atoms with Gasteiger partial charge in [-0.25, -0.2) is 4.79 Å². The molecule has 13 heavy (non-hydrogen) atoms. The Hall–Kier alpha value is -1.78. The average Bonchev–Trinajstić information content (AvgIpc) is 2.64. The Morgan fingerprint density at radius 2 is 2.46 bits per heavy atom. The second kappa shape index (κ2) is 2.93. The molecular weight excluding hydrogens is 168 g/mol. The Bertz CT molecular complexity index is 450. The smallest absolute Gasteiger partial charge is 0.313 e. The van der Waals surface area contributed by atoms with Gasteiger partial charge in [0.15, 0.2) is 0 Å². The van der Waals surface area contributed by atoms with Crippen molar-refractivity contribution in [2.24, 2.45) is 7.05 Å². The van der Waals surface area contributed by atoms with Crippen LogP contribution in [-0.2, 0) is 13.6 Å². The Morgan fingerprint density at radius 3 is 3.00 bits per heavy atom. The van der Waals surface area contributed by atoms with Crippen LogP contribution in [0.15, 0.2) is 29.6 Å². The molecule has 68 valence electrons. The van der Waals surface area contributed by atoms with Crippen molar-refractivity contribution in [2.75, 3.05) is 0 Å². The molecule has 0 fully saturated rings. The monoisotopic (exact) mass is 178 g/mol. The molecule has 0 aliphatic rings. The minimum absolute atomic E-state index is 0.0937. The highest BCUT2D eigenvalue weighted by Gasteiger charge is 1.99. The molecule has 0 unspecified atom stereocenters. The van der Waals surface area contributed by atoms with Crippen molar-refractivity contribution in [1.29, 1.82) is 0 Å². The molecule has 0 saturated carbocycles. The van der Waals surface area contributed by atoms with Gasteiger partial charge in [0.25, 0.3) is 0 Å². The van der Waals surface area contributed by atoms with Crippen molar-refractivity contribution in [2.45, 2.75) is 6.54 Å². The fourth-order valence-corrected chi connectivity index (χ4v) is 1.22. The van der Waals surface area contributed by atoms with E-state index in [-0.39, 0.29) is 5.69 Å². The summed E-state index contributed by atoms with van der Waals surface area (Å²) >= 11 is 0. The number of hydrogen-bond acceptors (Lipinski definition) is 2. The van der Waals surface area contributed by atoms with Crippen LogP contribution in [0, 0.1) is 0 Å². The Balaban J connectivity index is 2.24. The molecule has 0 amide bonds. The Morgan fingerprint density at radius 1 is 1.62 bits per heavy atom. The average molecular weight is 178 g/mol. The molecule has 0 spiro atoms. The molecule has 0 aliphatic carbocycles. The Kier molecular flexibility index (Phi) is 1.77. The molecule has 0 atom stereocenters. The van der Waals surface area contributed by atoms with Gasteiger partial charge in [-0.3, -0.25) is 9.25 Å². The van der Waals surface area contributed by atoms with Crippen molar-refractivity contribution in [1.82, 2.24) is 19.3 Å². The third-order valence-corrected chi connectivity index (χ3v) is 1.83. The summed E-state index contributed by atoms with van der Waals surface area (Å²) in [5, 5.41) is 4.02. The first-order valence-electron chi connectivity index (χ1n) is 3.97. The van der Waals surface area contributed by atoms with Crippen LogP contribution in [0.1, 0.15) is 5.56 Å². The minimum atomic E-state index is -0.0937. The quantitative estimate of drug-likeness (QED) is 0.701. The lowest BCUT2D eigenvalue weighted by molar-refractivity contribution is 0.751. The predicted molar refractivity (Wildman–Crippen MR) is 47.4 cm³/mol. The molecule has 0 aromatic carbocycles. The normalized spacial score (nSPS) is 10.5. The van der Waals surface area contributed by atoms with E-state index in [0.717, 1.165) is 5.56 Å². The van der Waals surface area contributed by atoms with Crippen molar-refractivity contribution < 1.29 is 0 Å². The number of nitrogens with one attached hydrogen (secondary N) is 1. The zero-order valence-electron chi connectivity index (χ0n) is 7.27. The summed E-state index contributed by atoms with van der Waals surface area (Å²) in [6.07, 6.45) is 6.98.